The van der Waals surface area contributed by atoms with E-state index in [4.69, 9.17) is 5.11 Å². The minimum Gasteiger partial charge on any atom is -1.00 e. The second-order valence-corrected chi connectivity index (χ2v) is 1.14. The third-order valence-electron chi connectivity index (χ3n) is 0.615. The first-order valence-electron chi connectivity index (χ1n) is 1.93. The first-order valence-corrected chi connectivity index (χ1v) is 1.93. The zero-order chi connectivity index (χ0) is 5.98. The van der Waals surface area contributed by atoms with E-state index in [0.29, 0.717) is 0 Å². The maximum Gasteiger partial charge on any atom is 1.00 e. The molecule has 1 aromatic rings. The van der Waals surface area contributed by atoms with Crippen LogP contribution in [0.2, 0.25) is 0 Å². The Morgan fingerprint density at radius 3 is 2.78 bits per heavy atom. The fourth-order valence-corrected chi connectivity index (χ4v) is 0.329. The Hall–Kier alpha value is 0.316. The predicted molar refractivity (Wildman–Crippen MR) is 24.6 cm³/mol. The van der Waals surface area contributed by atoms with Gasteiger partial charge in [0.25, 0.3) is 0 Å². The number of carboxylic acids is 1. The van der Waals surface area contributed by atoms with Gasteiger partial charge in [0.2, 0.25) is 0 Å². The monoisotopic (exact) mass is 153 g/mol. The molecule has 0 amide bonds. The summed E-state index contributed by atoms with van der Waals surface area (Å²) in [6, 6.07) is 0. The van der Waals surface area contributed by atoms with Crippen molar-refractivity contribution in [2.75, 3.05) is 0 Å². The molecule has 0 aromatic carbocycles. The number of nitrogens with zero attached hydrogens (tertiary/aromatic N) is 1. The number of hydrogen-bond donors (Lipinski definition) is 1. The molecule has 5 heteroatoms. The Bertz CT molecular complexity index is 188. The molecule has 1 rings (SSSR count). The molecule has 4 nitrogen and oxygen atoms in total. The molecular formula is C4H4KNO3. The third kappa shape index (κ3) is 2.59. The standard InChI is InChI=1S/C4H3NO3.K.H/c6-4(7)3-5-1-2-8-3;;/h1-2H,(H,6,7);;/q;+1;-1. The number of rotatable bonds is 1. The zero-order valence-electron chi connectivity index (χ0n) is 5.87. The van der Waals surface area contributed by atoms with Gasteiger partial charge in [0, 0.05) is 0 Å². The first-order chi connectivity index (χ1) is 3.80. The molecule has 0 fully saturated rings. The first kappa shape index (κ1) is 9.32. The number of aromatic nitrogens is 1. The van der Waals surface area contributed by atoms with Crippen LogP contribution in [0, 0.1) is 0 Å². The molecule has 0 aliphatic carbocycles. The Labute approximate surface area is 95.2 Å². The van der Waals surface area contributed by atoms with Crippen LogP contribution in [0.3, 0.4) is 0 Å². The summed E-state index contributed by atoms with van der Waals surface area (Å²) in [5.41, 5.74) is 0. The molecular weight excluding hydrogens is 149 g/mol. The second kappa shape index (κ2) is 4.18. The summed E-state index contributed by atoms with van der Waals surface area (Å²) in [5.74, 6) is -1.42. The molecule has 44 valence electrons. The van der Waals surface area contributed by atoms with Crippen LogP contribution in [0.25, 0.3) is 0 Å². The van der Waals surface area contributed by atoms with E-state index in [1.165, 1.54) is 12.5 Å². The summed E-state index contributed by atoms with van der Waals surface area (Å²) in [5, 5.41) is 8.12. The summed E-state index contributed by atoms with van der Waals surface area (Å²) in [4.78, 5) is 13.3. The smallest absolute Gasteiger partial charge is 1.00 e. The van der Waals surface area contributed by atoms with Crippen LogP contribution in [0.4, 0.5) is 0 Å². The molecule has 0 saturated carbocycles. The average molecular weight is 153 g/mol. The Balaban J connectivity index is 0. The Morgan fingerprint density at radius 2 is 2.56 bits per heavy atom. The fourth-order valence-electron chi connectivity index (χ4n) is 0.329. The Morgan fingerprint density at radius 1 is 1.89 bits per heavy atom. The van der Waals surface area contributed by atoms with Gasteiger partial charge in [-0.1, -0.05) is 0 Å². The van der Waals surface area contributed by atoms with Gasteiger partial charge in [0.05, 0.1) is 6.20 Å². The van der Waals surface area contributed by atoms with Gasteiger partial charge in [-0.2, -0.15) is 0 Å². The van der Waals surface area contributed by atoms with Gasteiger partial charge in [-0.3, -0.25) is 0 Å². The van der Waals surface area contributed by atoms with Crippen molar-refractivity contribution in [3.63, 3.8) is 0 Å². The minimum absolute atomic E-state index is 0. The molecule has 9 heavy (non-hydrogen) atoms. The van der Waals surface area contributed by atoms with Gasteiger partial charge < -0.3 is 11.0 Å². The second-order valence-electron chi connectivity index (χ2n) is 1.14. The van der Waals surface area contributed by atoms with Crippen LogP contribution in [-0.2, 0) is 0 Å². The van der Waals surface area contributed by atoms with Crippen molar-refractivity contribution in [1.82, 2.24) is 4.98 Å². The van der Waals surface area contributed by atoms with Gasteiger partial charge in [-0.25, -0.2) is 9.78 Å². The van der Waals surface area contributed by atoms with Gasteiger partial charge in [0.1, 0.15) is 6.26 Å². The molecule has 0 saturated heterocycles. The molecule has 1 heterocycles. The number of oxazole rings is 1. The minimum atomic E-state index is -1.14. The molecule has 1 aromatic heterocycles. The maximum atomic E-state index is 9.91. The largest absolute Gasteiger partial charge is 1.00 e. The van der Waals surface area contributed by atoms with Gasteiger partial charge in [-0.15, -0.1) is 0 Å². The summed E-state index contributed by atoms with van der Waals surface area (Å²) in [6.07, 6.45) is 2.49. The number of aromatic carboxylic acids is 1. The molecule has 0 aliphatic rings. The third-order valence-corrected chi connectivity index (χ3v) is 0.615. The molecule has 0 spiro atoms. The SMILES string of the molecule is O=C(O)c1ncco1.[H-].[K+]. The number of hydrogen-bond acceptors (Lipinski definition) is 3. The van der Waals surface area contributed by atoms with Crippen molar-refractivity contribution in [3.8, 4) is 0 Å². The van der Waals surface area contributed by atoms with Crippen molar-refractivity contribution in [3.05, 3.63) is 18.4 Å². The molecule has 0 radical (unpaired) electrons. The van der Waals surface area contributed by atoms with E-state index in [0.717, 1.165) is 0 Å². The maximum absolute atomic E-state index is 9.91. The van der Waals surface area contributed by atoms with E-state index < -0.39 is 5.97 Å². The van der Waals surface area contributed by atoms with Gasteiger partial charge >= 0.3 is 63.2 Å². The normalized spacial score (nSPS) is 8.00. The van der Waals surface area contributed by atoms with Crippen molar-refractivity contribution in [2.24, 2.45) is 0 Å². The topological polar surface area (TPSA) is 63.3 Å². The van der Waals surface area contributed by atoms with Crippen LogP contribution in [0.1, 0.15) is 12.1 Å². The van der Waals surface area contributed by atoms with E-state index in [2.05, 4.69) is 9.40 Å². The Kier molecular flexibility index (Phi) is 4.33. The van der Waals surface area contributed by atoms with Crippen molar-refractivity contribution < 1.29 is 67.1 Å². The van der Waals surface area contributed by atoms with E-state index in [1.807, 2.05) is 0 Å². The van der Waals surface area contributed by atoms with Gasteiger partial charge in [-0.05, 0) is 0 Å². The van der Waals surface area contributed by atoms with Crippen LogP contribution in [0.5, 0.6) is 0 Å². The van der Waals surface area contributed by atoms with Crippen LogP contribution in [-0.4, -0.2) is 16.1 Å². The summed E-state index contributed by atoms with van der Waals surface area (Å²) < 4.78 is 4.38. The number of carbonyl (C=O) groups is 1. The van der Waals surface area contributed by atoms with Crippen molar-refractivity contribution in [2.45, 2.75) is 0 Å². The van der Waals surface area contributed by atoms with E-state index >= 15 is 0 Å². The average Bonchev–Trinajstić information content (AvgIpc) is 2.12. The number of carboxylic acid groups (broad SMARTS) is 1. The van der Waals surface area contributed by atoms with Crippen LogP contribution in [0.15, 0.2) is 16.9 Å². The van der Waals surface area contributed by atoms with Gasteiger partial charge in [0.15, 0.2) is 0 Å². The van der Waals surface area contributed by atoms with Crippen molar-refractivity contribution in [1.29, 1.82) is 0 Å². The van der Waals surface area contributed by atoms with Crippen LogP contribution >= 0.6 is 0 Å². The summed E-state index contributed by atoms with van der Waals surface area (Å²) in [7, 11) is 0. The van der Waals surface area contributed by atoms with E-state index in [9.17, 15) is 4.79 Å². The molecule has 1 N–H and O–H groups in total. The molecule has 0 aliphatic heterocycles. The summed E-state index contributed by atoms with van der Waals surface area (Å²) in [6.45, 7) is 0. The zero-order valence-corrected chi connectivity index (χ0v) is 7.99. The van der Waals surface area contributed by atoms with E-state index in [-0.39, 0.29) is 58.7 Å². The predicted octanol–water partition coefficient (Wildman–Crippen LogP) is -2.51. The van der Waals surface area contributed by atoms with Crippen molar-refractivity contribution >= 4 is 5.97 Å². The molecule has 0 atom stereocenters. The molecule has 0 bridgehead atoms. The quantitative estimate of drug-likeness (QED) is 0.453. The molecule has 0 unspecified atom stereocenters. The van der Waals surface area contributed by atoms with E-state index in [1.54, 1.807) is 0 Å². The fraction of sp³-hybridized carbons (Fsp3) is 0. The summed E-state index contributed by atoms with van der Waals surface area (Å²) >= 11 is 0. The van der Waals surface area contributed by atoms with Crippen LogP contribution < -0.4 is 51.4 Å².